The van der Waals surface area contributed by atoms with Gasteiger partial charge in [0.05, 0.1) is 25.4 Å². The molecule has 24 heavy (non-hydrogen) atoms. The first-order valence-electron chi connectivity index (χ1n) is 7.86. The fourth-order valence-electron chi connectivity index (χ4n) is 2.60. The molecular formula is C17H23ClN4O2. The molecule has 1 aliphatic carbocycles. The van der Waals surface area contributed by atoms with Gasteiger partial charge in [-0.25, -0.2) is 0 Å². The Balaban J connectivity index is 0.00000208. The van der Waals surface area contributed by atoms with Gasteiger partial charge in [0.1, 0.15) is 5.75 Å². The number of carbonyl (C=O) groups is 1. The van der Waals surface area contributed by atoms with E-state index in [9.17, 15) is 4.79 Å². The molecule has 1 heterocycles. The van der Waals surface area contributed by atoms with E-state index in [0.717, 1.165) is 24.2 Å². The number of nitrogens with zero attached hydrogens (tertiary/aromatic N) is 2. The molecule has 3 rings (SSSR count). The number of amides is 1. The van der Waals surface area contributed by atoms with Crippen LogP contribution in [0.4, 0.5) is 0 Å². The van der Waals surface area contributed by atoms with E-state index in [1.807, 2.05) is 24.3 Å². The number of rotatable bonds is 7. The minimum atomic E-state index is -0.103. The maximum Gasteiger partial charge on any atom is 0.254 e. The van der Waals surface area contributed by atoms with Gasteiger partial charge < -0.3 is 15.8 Å². The topological polar surface area (TPSA) is 82.2 Å². The van der Waals surface area contributed by atoms with Gasteiger partial charge in [-0.05, 0) is 36.5 Å². The molecule has 130 valence electrons. The molecule has 1 aromatic carbocycles. The van der Waals surface area contributed by atoms with Crippen LogP contribution in [0.15, 0.2) is 36.7 Å². The van der Waals surface area contributed by atoms with Crippen LogP contribution < -0.4 is 15.8 Å². The highest BCUT2D eigenvalue weighted by Crippen LogP contribution is 2.32. The monoisotopic (exact) mass is 350 g/mol. The number of nitrogens with one attached hydrogen (secondary N) is 1. The third-order valence-electron chi connectivity index (χ3n) is 4.16. The summed E-state index contributed by atoms with van der Waals surface area (Å²) in [5.41, 5.74) is 7.39. The summed E-state index contributed by atoms with van der Waals surface area (Å²) in [5.74, 6) is 1.26. The molecule has 1 aromatic heterocycles. The number of methoxy groups -OCH3 is 1. The second-order valence-electron chi connectivity index (χ2n) is 5.93. The van der Waals surface area contributed by atoms with Crippen molar-refractivity contribution in [3.8, 4) is 5.75 Å². The number of aromatic nitrogens is 2. The molecule has 0 spiro atoms. The van der Waals surface area contributed by atoms with Gasteiger partial charge in [-0.2, -0.15) is 5.10 Å². The van der Waals surface area contributed by atoms with E-state index in [1.165, 1.54) is 0 Å². The molecule has 6 nitrogen and oxygen atoms in total. The van der Waals surface area contributed by atoms with Crippen molar-refractivity contribution in [1.82, 2.24) is 15.1 Å². The molecule has 0 bridgehead atoms. The van der Waals surface area contributed by atoms with Crippen molar-refractivity contribution in [2.75, 3.05) is 13.7 Å². The minimum absolute atomic E-state index is 0. The minimum Gasteiger partial charge on any atom is -0.497 e. The summed E-state index contributed by atoms with van der Waals surface area (Å²) in [6.07, 6.45) is 5.66. The molecule has 1 saturated carbocycles. The normalized spacial score (nSPS) is 14.6. The molecule has 1 aliphatic rings. The van der Waals surface area contributed by atoms with E-state index < -0.39 is 0 Å². The second-order valence-corrected chi connectivity index (χ2v) is 5.93. The van der Waals surface area contributed by atoms with Crippen molar-refractivity contribution >= 4 is 18.3 Å². The van der Waals surface area contributed by atoms with Crippen molar-refractivity contribution < 1.29 is 9.53 Å². The first-order chi connectivity index (χ1) is 11.2. The highest BCUT2D eigenvalue weighted by Gasteiger charge is 2.31. The summed E-state index contributed by atoms with van der Waals surface area (Å²) in [7, 11) is 1.64. The highest BCUT2D eigenvalue weighted by atomic mass is 35.5. The average molecular weight is 351 g/mol. The number of ether oxygens (including phenoxy) is 1. The Morgan fingerprint density at radius 2 is 2.12 bits per heavy atom. The van der Waals surface area contributed by atoms with E-state index in [1.54, 1.807) is 24.2 Å². The van der Waals surface area contributed by atoms with Crippen molar-refractivity contribution in [2.45, 2.75) is 25.4 Å². The number of carbonyl (C=O) groups excluding carboxylic acids is 1. The summed E-state index contributed by atoms with van der Waals surface area (Å²) < 4.78 is 6.90. The highest BCUT2D eigenvalue weighted by molar-refractivity contribution is 5.93. The average Bonchev–Trinajstić information content (AvgIpc) is 3.32. The molecular weight excluding hydrogens is 328 g/mol. The Kier molecular flexibility index (Phi) is 6.23. The summed E-state index contributed by atoms with van der Waals surface area (Å²) in [5, 5.41) is 7.27. The van der Waals surface area contributed by atoms with Crippen LogP contribution in [0.3, 0.4) is 0 Å². The fraction of sp³-hybridized carbons (Fsp3) is 0.412. The molecule has 1 amide bonds. The lowest BCUT2D eigenvalue weighted by molar-refractivity contribution is 0.0933. The summed E-state index contributed by atoms with van der Waals surface area (Å²) >= 11 is 0. The van der Waals surface area contributed by atoms with Crippen molar-refractivity contribution in [2.24, 2.45) is 11.7 Å². The molecule has 2 aromatic rings. The third kappa shape index (κ3) is 4.49. The van der Waals surface area contributed by atoms with Gasteiger partial charge in [-0.15, -0.1) is 12.4 Å². The molecule has 1 unspecified atom stereocenters. The largest absolute Gasteiger partial charge is 0.497 e. The van der Waals surface area contributed by atoms with Gasteiger partial charge in [-0.1, -0.05) is 12.1 Å². The third-order valence-corrected chi connectivity index (χ3v) is 4.16. The van der Waals surface area contributed by atoms with Gasteiger partial charge in [-0.3, -0.25) is 9.48 Å². The lowest BCUT2D eigenvalue weighted by Crippen LogP contribution is -2.41. The molecule has 1 fully saturated rings. The van der Waals surface area contributed by atoms with Crippen LogP contribution in [0, 0.1) is 5.92 Å². The Morgan fingerprint density at radius 1 is 1.42 bits per heavy atom. The standard InChI is InChI=1S/C17H22N4O2.ClH/c1-23-15-6-2-12(3-7-15)10-21-11-14(9-19-21)17(22)20-16(8-18)13-4-5-13;/h2-3,6-7,9,11,13,16H,4-5,8,10,18H2,1H3,(H,20,22);1H. The van der Waals surface area contributed by atoms with Crippen LogP contribution in [0.5, 0.6) is 5.75 Å². The van der Waals surface area contributed by atoms with Gasteiger partial charge in [0, 0.05) is 18.8 Å². The summed E-state index contributed by atoms with van der Waals surface area (Å²) in [6.45, 7) is 1.09. The van der Waals surface area contributed by atoms with Crippen LogP contribution in [-0.4, -0.2) is 35.4 Å². The first kappa shape index (κ1) is 18.3. The second kappa shape index (κ2) is 8.17. The fourth-order valence-corrected chi connectivity index (χ4v) is 2.60. The smallest absolute Gasteiger partial charge is 0.254 e. The number of hydrogen-bond acceptors (Lipinski definition) is 4. The van der Waals surface area contributed by atoms with E-state index >= 15 is 0 Å². The summed E-state index contributed by atoms with van der Waals surface area (Å²) in [4.78, 5) is 12.3. The van der Waals surface area contributed by atoms with Gasteiger partial charge in [0.15, 0.2) is 0 Å². The number of hydrogen-bond donors (Lipinski definition) is 2. The molecule has 0 radical (unpaired) electrons. The SMILES string of the molecule is COc1ccc(Cn2cc(C(=O)NC(CN)C3CC3)cn2)cc1.Cl. The predicted octanol–water partition coefficient (Wildman–Crippen LogP) is 1.83. The lowest BCUT2D eigenvalue weighted by atomic mass is 10.2. The van der Waals surface area contributed by atoms with Crippen molar-refractivity contribution in [3.05, 3.63) is 47.8 Å². The Hall–Kier alpha value is -2.05. The summed E-state index contributed by atoms with van der Waals surface area (Å²) in [6, 6.07) is 7.87. The number of benzene rings is 1. The maximum absolute atomic E-state index is 12.3. The van der Waals surface area contributed by atoms with Gasteiger partial charge >= 0.3 is 0 Å². The number of nitrogens with two attached hydrogens (primary N) is 1. The Labute approximate surface area is 147 Å². The van der Waals surface area contributed by atoms with Gasteiger partial charge in [0.25, 0.3) is 5.91 Å². The lowest BCUT2D eigenvalue weighted by Gasteiger charge is -2.15. The van der Waals surface area contributed by atoms with Crippen LogP contribution in [0.1, 0.15) is 28.8 Å². The molecule has 0 saturated heterocycles. The van der Waals surface area contributed by atoms with Crippen LogP contribution in [-0.2, 0) is 6.54 Å². The molecule has 3 N–H and O–H groups in total. The van der Waals surface area contributed by atoms with E-state index in [0.29, 0.717) is 24.6 Å². The molecule has 7 heteroatoms. The Bertz CT molecular complexity index is 667. The zero-order valence-corrected chi connectivity index (χ0v) is 14.5. The van der Waals surface area contributed by atoms with Crippen LogP contribution in [0.25, 0.3) is 0 Å². The van der Waals surface area contributed by atoms with Crippen molar-refractivity contribution in [3.63, 3.8) is 0 Å². The maximum atomic E-state index is 12.3. The zero-order valence-electron chi connectivity index (χ0n) is 13.6. The van der Waals surface area contributed by atoms with E-state index in [2.05, 4.69) is 10.4 Å². The Morgan fingerprint density at radius 3 is 2.71 bits per heavy atom. The first-order valence-corrected chi connectivity index (χ1v) is 7.86. The molecule has 0 aliphatic heterocycles. The van der Waals surface area contributed by atoms with E-state index in [4.69, 9.17) is 10.5 Å². The van der Waals surface area contributed by atoms with Gasteiger partial charge in [0.2, 0.25) is 0 Å². The zero-order chi connectivity index (χ0) is 16.2. The predicted molar refractivity (Wildman–Crippen MR) is 94.6 cm³/mol. The van der Waals surface area contributed by atoms with Crippen LogP contribution >= 0.6 is 12.4 Å². The van der Waals surface area contributed by atoms with Crippen molar-refractivity contribution in [1.29, 1.82) is 0 Å². The van der Waals surface area contributed by atoms with Crippen LogP contribution in [0.2, 0.25) is 0 Å². The molecule has 1 atom stereocenters. The van der Waals surface area contributed by atoms with E-state index in [-0.39, 0.29) is 24.4 Å². The quantitative estimate of drug-likeness (QED) is 0.798. The number of halogens is 1.